The maximum absolute atomic E-state index is 12.8. The summed E-state index contributed by atoms with van der Waals surface area (Å²) in [5.74, 6) is 4.70. The zero-order chi connectivity index (χ0) is 13.6. The first-order chi connectivity index (χ1) is 9.13. The van der Waals surface area contributed by atoms with Crippen LogP contribution < -0.4 is 5.73 Å². The Hall–Kier alpha value is -0.570. The van der Waals surface area contributed by atoms with Crippen LogP contribution in [0.5, 0.6) is 0 Å². The first-order valence-corrected chi connectivity index (χ1v) is 8.12. The van der Waals surface area contributed by atoms with Crippen molar-refractivity contribution < 1.29 is 4.79 Å². The minimum atomic E-state index is 0.391. The van der Waals surface area contributed by atoms with E-state index >= 15 is 0 Å². The van der Waals surface area contributed by atoms with Gasteiger partial charge < -0.3 is 10.6 Å². The average molecular weight is 264 g/mol. The van der Waals surface area contributed by atoms with E-state index in [0.29, 0.717) is 24.3 Å². The van der Waals surface area contributed by atoms with E-state index in [1.165, 1.54) is 19.3 Å². The van der Waals surface area contributed by atoms with Gasteiger partial charge in [0.15, 0.2) is 0 Å². The van der Waals surface area contributed by atoms with Crippen molar-refractivity contribution >= 4 is 5.91 Å². The van der Waals surface area contributed by atoms with Crippen LogP contribution in [0, 0.1) is 35.5 Å². The van der Waals surface area contributed by atoms with E-state index in [9.17, 15) is 4.79 Å². The predicted octanol–water partition coefficient (Wildman–Crippen LogP) is 2.11. The summed E-state index contributed by atoms with van der Waals surface area (Å²) in [6.07, 6.45) is 5.14. The minimum Gasteiger partial charge on any atom is -0.342 e. The lowest BCUT2D eigenvalue weighted by molar-refractivity contribution is -0.134. The van der Waals surface area contributed by atoms with E-state index in [-0.39, 0.29) is 0 Å². The van der Waals surface area contributed by atoms with Crippen LogP contribution in [0.4, 0.5) is 0 Å². The summed E-state index contributed by atoms with van der Waals surface area (Å²) in [7, 11) is 0. The van der Waals surface area contributed by atoms with Crippen molar-refractivity contribution in [3.05, 3.63) is 0 Å². The van der Waals surface area contributed by atoms with Crippen LogP contribution in [0.25, 0.3) is 0 Å². The Morgan fingerprint density at radius 3 is 2.42 bits per heavy atom. The van der Waals surface area contributed by atoms with Gasteiger partial charge in [0.25, 0.3) is 0 Å². The van der Waals surface area contributed by atoms with E-state index < -0.39 is 0 Å². The third-order valence-corrected chi connectivity index (χ3v) is 5.55. The average Bonchev–Trinajstić information content (AvgIpc) is 2.81. The number of carbonyl (C=O) groups excluding carboxylic acids is 1. The molecule has 4 atom stereocenters. The summed E-state index contributed by atoms with van der Waals surface area (Å²) >= 11 is 0. The van der Waals surface area contributed by atoms with E-state index in [4.69, 9.17) is 5.73 Å². The molecule has 3 heteroatoms. The second-order valence-corrected chi connectivity index (χ2v) is 7.33. The van der Waals surface area contributed by atoms with Gasteiger partial charge >= 0.3 is 0 Å². The third-order valence-electron chi connectivity index (χ3n) is 5.55. The summed E-state index contributed by atoms with van der Waals surface area (Å²) in [6.45, 7) is 6.84. The van der Waals surface area contributed by atoms with Gasteiger partial charge in [0.2, 0.25) is 5.91 Å². The molecule has 0 aliphatic heterocycles. The normalized spacial score (nSPS) is 38.6. The fraction of sp³-hybridized carbons (Fsp3) is 0.938. The van der Waals surface area contributed by atoms with Crippen molar-refractivity contribution in [3.8, 4) is 0 Å². The number of carbonyl (C=O) groups is 1. The first kappa shape index (κ1) is 13.4. The van der Waals surface area contributed by atoms with Gasteiger partial charge in [-0.3, -0.25) is 4.79 Å². The molecule has 1 amide bonds. The lowest BCUT2D eigenvalue weighted by atomic mass is 10.0. The standard InChI is InChI=1S/C16H28N2O/c1-10(2)9-18(7-3-6-17)16(19)15-13-11-4-5-12(8-11)14(13)15/h10-15H,3-9,17H2,1-2H3. The van der Waals surface area contributed by atoms with Crippen LogP contribution >= 0.6 is 0 Å². The van der Waals surface area contributed by atoms with Crippen LogP contribution in [-0.4, -0.2) is 30.4 Å². The summed E-state index contributed by atoms with van der Waals surface area (Å²) in [5.41, 5.74) is 5.61. The molecule has 0 radical (unpaired) electrons. The molecule has 0 aromatic rings. The largest absolute Gasteiger partial charge is 0.342 e. The fourth-order valence-electron chi connectivity index (χ4n) is 4.88. The number of hydrogen-bond acceptors (Lipinski definition) is 2. The molecule has 3 saturated carbocycles. The van der Waals surface area contributed by atoms with Gasteiger partial charge in [0, 0.05) is 19.0 Å². The van der Waals surface area contributed by atoms with Gasteiger partial charge in [-0.05, 0) is 61.8 Å². The Kier molecular flexibility index (Phi) is 3.59. The van der Waals surface area contributed by atoms with Crippen LogP contribution in [0.1, 0.15) is 39.5 Å². The second kappa shape index (κ2) is 5.08. The van der Waals surface area contributed by atoms with Crippen molar-refractivity contribution in [2.75, 3.05) is 19.6 Å². The Balaban J connectivity index is 1.61. The monoisotopic (exact) mass is 264 g/mol. The van der Waals surface area contributed by atoms with Crippen molar-refractivity contribution in [1.29, 1.82) is 0 Å². The minimum absolute atomic E-state index is 0.391. The molecule has 3 nitrogen and oxygen atoms in total. The van der Waals surface area contributed by atoms with Crippen LogP contribution in [0.2, 0.25) is 0 Å². The van der Waals surface area contributed by atoms with Crippen LogP contribution in [-0.2, 0) is 4.79 Å². The fourth-order valence-corrected chi connectivity index (χ4v) is 4.88. The molecule has 0 aromatic heterocycles. The Morgan fingerprint density at radius 1 is 1.26 bits per heavy atom. The van der Waals surface area contributed by atoms with Crippen molar-refractivity contribution in [1.82, 2.24) is 4.90 Å². The molecular formula is C16H28N2O. The molecule has 2 N–H and O–H groups in total. The number of hydrogen-bond donors (Lipinski definition) is 1. The zero-order valence-corrected chi connectivity index (χ0v) is 12.3. The lowest BCUT2D eigenvalue weighted by Crippen LogP contribution is -2.38. The van der Waals surface area contributed by atoms with E-state index in [2.05, 4.69) is 18.7 Å². The SMILES string of the molecule is CC(C)CN(CCCN)C(=O)C1C2C3CCC(C3)C12. The molecule has 3 fully saturated rings. The molecule has 0 heterocycles. The molecule has 0 aromatic carbocycles. The van der Waals surface area contributed by atoms with Crippen LogP contribution in [0.3, 0.4) is 0 Å². The maximum Gasteiger partial charge on any atom is 0.226 e. The number of amides is 1. The zero-order valence-electron chi connectivity index (χ0n) is 12.3. The van der Waals surface area contributed by atoms with E-state index in [1.807, 2.05) is 0 Å². The highest BCUT2D eigenvalue weighted by atomic mass is 16.2. The number of nitrogens with zero attached hydrogens (tertiary/aromatic N) is 1. The highest BCUT2D eigenvalue weighted by Gasteiger charge is 2.67. The molecule has 3 aliphatic rings. The van der Waals surface area contributed by atoms with Gasteiger partial charge in [-0.1, -0.05) is 13.8 Å². The second-order valence-electron chi connectivity index (χ2n) is 7.33. The summed E-state index contributed by atoms with van der Waals surface area (Å²) < 4.78 is 0. The van der Waals surface area contributed by atoms with Crippen molar-refractivity contribution in [3.63, 3.8) is 0 Å². The van der Waals surface area contributed by atoms with Crippen molar-refractivity contribution in [2.24, 2.45) is 41.2 Å². The summed E-state index contributed by atoms with van der Waals surface area (Å²) in [5, 5.41) is 0. The molecular weight excluding hydrogens is 236 g/mol. The lowest BCUT2D eigenvalue weighted by Gasteiger charge is -2.26. The highest BCUT2D eigenvalue weighted by Crippen LogP contribution is 2.69. The van der Waals surface area contributed by atoms with Crippen LogP contribution in [0.15, 0.2) is 0 Å². The van der Waals surface area contributed by atoms with Gasteiger partial charge in [-0.2, -0.15) is 0 Å². The third kappa shape index (κ3) is 2.31. The molecule has 2 bridgehead atoms. The Morgan fingerprint density at radius 2 is 1.89 bits per heavy atom. The molecule has 0 saturated heterocycles. The predicted molar refractivity (Wildman–Crippen MR) is 76.4 cm³/mol. The first-order valence-electron chi connectivity index (χ1n) is 8.12. The van der Waals surface area contributed by atoms with Crippen molar-refractivity contribution in [2.45, 2.75) is 39.5 Å². The molecule has 3 rings (SSSR count). The highest BCUT2D eigenvalue weighted by molar-refractivity contribution is 5.83. The molecule has 19 heavy (non-hydrogen) atoms. The maximum atomic E-state index is 12.8. The van der Waals surface area contributed by atoms with E-state index in [1.54, 1.807) is 0 Å². The summed E-state index contributed by atoms with van der Waals surface area (Å²) in [4.78, 5) is 14.9. The molecule has 4 unspecified atom stereocenters. The number of fused-ring (bicyclic) bond motifs is 5. The van der Waals surface area contributed by atoms with Gasteiger partial charge in [0.05, 0.1) is 0 Å². The smallest absolute Gasteiger partial charge is 0.226 e. The summed E-state index contributed by atoms with van der Waals surface area (Å²) in [6, 6.07) is 0. The molecule has 0 spiro atoms. The Bertz CT molecular complexity index is 339. The Labute approximate surface area is 116 Å². The van der Waals surface area contributed by atoms with Gasteiger partial charge in [-0.15, -0.1) is 0 Å². The topological polar surface area (TPSA) is 46.3 Å². The number of rotatable bonds is 6. The van der Waals surface area contributed by atoms with E-state index in [0.717, 1.165) is 43.2 Å². The number of nitrogens with two attached hydrogens (primary N) is 1. The van der Waals surface area contributed by atoms with Gasteiger partial charge in [0.1, 0.15) is 0 Å². The quantitative estimate of drug-likeness (QED) is 0.798. The molecule has 3 aliphatic carbocycles. The molecule has 108 valence electrons. The van der Waals surface area contributed by atoms with Gasteiger partial charge in [-0.25, -0.2) is 0 Å².